The number of imidazole rings is 1. The lowest BCUT2D eigenvalue weighted by atomic mass is 10.1. The number of phenols is 1. The molecule has 3 heterocycles. The molecule has 14 nitrogen and oxygen atoms in total. The van der Waals surface area contributed by atoms with Gasteiger partial charge in [-0.3, -0.25) is 9.36 Å². The average Bonchev–Trinajstić information content (AvgIpc) is 3.31. The molecule has 1 saturated heterocycles. The van der Waals surface area contributed by atoms with Gasteiger partial charge in [0.2, 0.25) is 0 Å². The summed E-state index contributed by atoms with van der Waals surface area (Å²) in [6.45, 7) is -0.873. The van der Waals surface area contributed by atoms with Gasteiger partial charge in [0.05, 0.1) is 12.2 Å². The summed E-state index contributed by atoms with van der Waals surface area (Å²) in [6, 6.07) is 3.37. The minimum Gasteiger partial charge on any atom is -0.507 e. The van der Waals surface area contributed by atoms with E-state index in [9.17, 15) is 33.6 Å². The van der Waals surface area contributed by atoms with E-state index in [0.29, 0.717) is 0 Å². The van der Waals surface area contributed by atoms with Gasteiger partial charge >= 0.3 is 5.06 Å². The van der Waals surface area contributed by atoms with Crippen molar-refractivity contribution in [3.05, 3.63) is 41.4 Å². The molecule has 1 fully saturated rings. The summed E-state index contributed by atoms with van der Waals surface area (Å²) in [5.74, 6) is -2.01. The molecule has 16 heteroatoms. The highest BCUT2D eigenvalue weighted by Gasteiger charge is 2.65. The van der Waals surface area contributed by atoms with E-state index in [4.69, 9.17) is 22.1 Å². The predicted octanol–water partition coefficient (Wildman–Crippen LogP) is -1.75. The van der Waals surface area contributed by atoms with E-state index in [2.05, 4.69) is 15.0 Å². The maximum Gasteiger partial charge on any atom is 0.300 e. The van der Waals surface area contributed by atoms with E-state index in [0.717, 1.165) is 29.4 Å². The average molecular weight is 501 g/mol. The largest absolute Gasteiger partial charge is 0.507 e. The van der Waals surface area contributed by atoms with E-state index in [1.54, 1.807) is 4.72 Å². The number of benzene rings is 1. The summed E-state index contributed by atoms with van der Waals surface area (Å²) in [6.07, 6.45) is -3.78. The van der Waals surface area contributed by atoms with Crippen LogP contribution in [0.15, 0.2) is 30.9 Å². The first kappa shape index (κ1) is 23.1. The molecule has 0 spiro atoms. The van der Waals surface area contributed by atoms with Crippen LogP contribution in [-0.4, -0.2) is 79.2 Å². The summed E-state index contributed by atoms with van der Waals surface area (Å²) in [4.78, 5) is 24.3. The highest BCUT2D eigenvalue weighted by Crippen LogP contribution is 2.41. The summed E-state index contributed by atoms with van der Waals surface area (Å²) >= 11 is 5.82. The molecule has 1 amide bonds. The predicted molar refractivity (Wildman–Crippen MR) is 111 cm³/mol. The second kappa shape index (κ2) is 8.05. The Morgan fingerprint density at radius 2 is 2.03 bits per heavy atom. The van der Waals surface area contributed by atoms with Gasteiger partial charge in [0, 0.05) is 5.02 Å². The van der Waals surface area contributed by atoms with Crippen LogP contribution < -0.4 is 10.5 Å². The molecule has 0 saturated carbocycles. The number of nitrogens with two attached hydrogens (primary N) is 1. The normalized spacial score (nSPS) is 25.4. The zero-order valence-corrected chi connectivity index (χ0v) is 18.0. The molecule has 4 atom stereocenters. The number of nitrogens with zero attached hydrogens (tertiary/aromatic N) is 4. The van der Waals surface area contributed by atoms with E-state index < -0.39 is 57.2 Å². The number of phenolic OH excluding ortho intramolecular Hbond substituents is 1. The first-order valence-electron chi connectivity index (χ1n) is 9.17. The lowest BCUT2D eigenvalue weighted by Gasteiger charge is -2.32. The molecule has 176 valence electrons. The lowest BCUT2D eigenvalue weighted by molar-refractivity contribution is -0.0847. The number of halogens is 1. The monoisotopic (exact) mass is 500 g/mol. The van der Waals surface area contributed by atoms with Gasteiger partial charge in [0.15, 0.2) is 11.5 Å². The van der Waals surface area contributed by atoms with Gasteiger partial charge in [-0.25, -0.2) is 28.1 Å². The Morgan fingerprint density at radius 1 is 1.30 bits per heavy atom. The van der Waals surface area contributed by atoms with Gasteiger partial charge in [-0.05, 0) is 18.2 Å². The molecule has 4 rings (SSSR count). The fourth-order valence-corrected chi connectivity index (χ4v) is 5.27. The van der Waals surface area contributed by atoms with Crippen molar-refractivity contribution in [3.63, 3.8) is 0 Å². The molecular weight excluding hydrogens is 484 g/mol. The van der Waals surface area contributed by atoms with Gasteiger partial charge in [-0.15, -0.1) is 0 Å². The molecule has 3 aromatic rings. The molecule has 0 bridgehead atoms. The van der Waals surface area contributed by atoms with Crippen molar-refractivity contribution in [3.8, 4) is 5.75 Å². The second-order valence-electron chi connectivity index (χ2n) is 7.05. The number of ether oxygens (including phenoxy) is 1. The van der Waals surface area contributed by atoms with Crippen molar-refractivity contribution >= 4 is 44.5 Å². The van der Waals surface area contributed by atoms with Gasteiger partial charge < -0.3 is 30.9 Å². The van der Waals surface area contributed by atoms with E-state index in [-0.39, 0.29) is 22.0 Å². The van der Waals surface area contributed by atoms with Crippen LogP contribution in [0.3, 0.4) is 0 Å². The topological polar surface area (TPSA) is 223 Å². The number of carbonyl (C=O) groups excluding carboxylic acids is 1. The molecule has 1 aromatic carbocycles. The van der Waals surface area contributed by atoms with Crippen LogP contribution in [0.5, 0.6) is 5.75 Å². The third kappa shape index (κ3) is 3.45. The van der Waals surface area contributed by atoms with Crippen molar-refractivity contribution < 1.29 is 38.4 Å². The van der Waals surface area contributed by atoms with Crippen LogP contribution in [0, 0.1) is 0 Å². The first-order chi connectivity index (χ1) is 15.5. The second-order valence-corrected chi connectivity index (χ2v) is 9.28. The van der Waals surface area contributed by atoms with E-state index >= 15 is 0 Å². The van der Waals surface area contributed by atoms with Crippen LogP contribution in [0.2, 0.25) is 5.02 Å². The molecule has 2 aromatic heterocycles. The Labute approximate surface area is 190 Å². The molecule has 0 aliphatic carbocycles. The van der Waals surface area contributed by atoms with Crippen molar-refractivity contribution in [2.24, 2.45) is 0 Å². The summed E-state index contributed by atoms with van der Waals surface area (Å²) in [5, 5.41) is 37.8. The highest BCUT2D eigenvalue weighted by atomic mass is 35.5. The SMILES string of the molecule is Nc1ncnc2c1ncn2[C@]1(S(=O)(=O)NC(=O)c2cc(Cl)ccc2O)O[C@H](CO)[C@@H](O)[C@H]1O. The summed E-state index contributed by atoms with van der Waals surface area (Å²) in [7, 11) is -5.13. The molecule has 33 heavy (non-hydrogen) atoms. The summed E-state index contributed by atoms with van der Waals surface area (Å²) in [5.41, 5.74) is 4.99. The number of hydrogen-bond donors (Lipinski definition) is 6. The number of nitrogen functional groups attached to an aromatic ring is 1. The van der Waals surface area contributed by atoms with Crippen LogP contribution in [0.25, 0.3) is 11.2 Å². The van der Waals surface area contributed by atoms with Crippen molar-refractivity contribution in [1.29, 1.82) is 0 Å². The van der Waals surface area contributed by atoms with Crippen molar-refractivity contribution in [2.45, 2.75) is 23.4 Å². The minimum absolute atomic E-state index is 0.0331. The van der Waals surface area contributed by atoms with Gasteiger partial charge in [0.1, 0.15) is 42.2 Å². The number of aromatic nitrogens is 4. The number of sulfonamides is 1. The molecule has 0 unspecified atom stereocenters. The number of rotatable bonds is 5. The summed E-state index contributed by atoms with van der Waals surface area (Å²) < 4.78 is 35.0. The zero-order valence-electron chi connectivity index (χ0n) is 16.4. The zero-order chi connectivity index (χ0) is 24.1. The van der Waals surface area contributed by atoms with Gasteiger partial charge in [-0.2, -0.15) is 0 Å². The number of fused-ring (bicyclic) bond motifs is 1. The number of anilines is 1. The van der Waals surface area contributed by atoms with Gasteiger partial charge in [0.25, 0.3) is 15.9 Å². The Kier molecular flexibility index (Phi) is 5.63. The van der Waals surface area contributed by atoms with Crippen LogP contribution >= 0.6 is 11.6 Å². The molecule has 1 aliphatic rings. The van der Waals surface area contributed by atoms with Gasteiger partial charge in [-0.1, -0.05) is 11.6 Å². The van der Waals surface area contributed by atoms with Crippen LogP contribution in [0.1, 0.15) is 10.4 Å². The maximum atomic E-state index is 13.5. The minimum atomic E-state index is -5.13. The fourth-order valence-electron chi connectivity index (χ4n) is 3.49. The van der Waals surface area contributed by atoms with Crippen LogP contribution in [-0.2, 0) is 19.8 Å². The number of amides is 1. The fraction of sp³-hybridized carbons (Fsp3) is 0.294. The Morgan fingerprint density at radius 3 is 2.70 bits per heavy atom. The molecule has 1 aliphatic heterocycles. The molecule has 0 radical (unpaired) electrons. The molecular formula is C17H17ClN6O8S. The highest BCUT2D eigenvalue weighted by molar-refractivity contribution is 7.90. The molecule has 7 N–H and O–H groups in total. The van der Waals surface area contributed by atoms with E-state index in [1.165, 1.54) is 6.07 Å². The number of carbonyl (C=O) groups is 1. The quantitative estimate of drug-likeness (QED) is 0.229. The standard InChI is InChI=1S/C17H17ClN6O8S/c18-7-1-2-9(26)8(3-7)16(29)23-33(30,31)17(13(28)12(27)10(4-25)32-17)24-6-22-11-14(19)20-5-21-15(11)24/h1-3,5-6,10,12-13,25-28H,4H2,(H,23,29)(H2,19,20,21)/t10-,12-,13-,17+/m1/s1. The third-order valence-electron chi connectivity index (χ3n) is 5.09. The number of nitrogens with one attached hydrogen (secondary N) is 1. The Hall–Kier alpha value is -3.08. The number of hydrogen-bond acceptors (Lipinski definition) is 12. The Balaban J connectivity index is 1.89. The Bertz CT molecular complexity index is 1350. The number of aliphatic hydroxyl groups is 3. The first-order valence-corrected chi connectivity index (χ1v) is 11.0. The van der Waals surface area contributed by atoms with Crippen molar-refractivity contribution in [2.75, 3.05) is 12.3 Å². The van der Waals surface area contributed by atoms with E-state index in [1.807, 2.05) is 0 Å². The number of aromatic hydroxyl groups is 1. The van der Waals surface area contributed by atoms with Crippen LogP contribution in [0.4, 0.5) is 5.82 Å². The maximum absolute atomic E-state index is 13.5. The smallest absolute Gasteiger partial charge is 0.300 e. The number of aliphatic hydroxyl groups excluding tert-OH is 3. The third-order valence-corrected chi connectivity index (χ3v) is 7.08. The van der Waals surface area contributed by atoms with Crippen molar-refractivity contribution in [1.82, 2.24) is 24.2 Å². The lowest BCUT2D eigenvalue weighted by Crippen LogP contribution is -2.56.